The van der Waals surface area contributed by atoms with E-state index in [1.165, 1.54) is 6.92 Å². The van der Waals surface area contributed by atoms with Gasteiger partial charge in [-0.05, 0) is 0 Å². The Hall–Kier alpha value is -0.820. The predicted molar refractivity (Wildman–Crippen MR) is 110 cm³/mol. The van der Waals surface area contributed by atoms with Crippen molar-refractivity contribution in [1.29, 1.82) is 0 Å². The number of hydrogen-bond donors (Lipinski definition) is 5. The van der Waals surface area contributed by atoms with Gasteiger partial charge in [-0.25, -0.2) is 24.1 Å². The van der Waals surface area contributed by atoms with E-state index in [-0.39, 0.29) is 0 Å². The van der Waals surface area contributed by atoms with Crippen molar-refractivity contribution in [2.24, 2.45) is 5.92 Å². The summed E-state index contributed by atoms with van der Waals surface area (Å²) in [6.07, 6.45) is -13.6. The molecule has 2 aliphatic heterocycles. The molecule has 0 aliphatic carbocycles. The fraction of sp³-hybridized carbons (Fsp3) is 1.00. The molecule has 0 radical (unpaired) electrons. The Labute approximate surface area is 220 Å². The van der Waals surface area contributed by atoms with Gasteiger partial charge in [-0.1, -0.05) is 22.0 Å². The van der Waals surface area contributed by atoms with Crippen molar-refractivity contribution < 1.29 is 104 Å². The van der Waals surface area contributed by atoms with Crippen LogP contribution in [0.1, 0.15) is 6.92 Å². The van der Waals surface area contributed by atoms with Crippen LogP contribution in [0.4, 0.5) is 0 Å². The molecule has 2 aliphatic rings. The fourth-order valence-electron chi connectivity index (χ4n) is 3.95. The van der Waals surface area contributed by atoms with Crippen LogP contribution in [-0.2, 0) is 82.6 Å². The van der Waals surface area contributed by atoms with Crippen LogP contribution in [0.5, 0.6) is 0 Å². The number of rotatable bonds is 16. The lowest BCUT2D eigenvalue weighted by molar-refractivity contribution is -0.571. The van der Waals surface area contributed by atoms with Crippen molar-refractivity contribution in [1.82, 2.24) is 0 Å². The highest BCUT2D eigenvalue weighted by atomic mass is 32.3. The lowest BCUT2D eigenvalue weighted by Crippen LogP contribution is -2.64. The molecule has 24 heteroatoms. The van der Waals surface area contributed by atoms with E-state index >= 15 is 0 Å². The van der Waals surface area contributed by atoms with E-state index in [4.69, 9.17) is 58.3 Å². The van der Waals surface area contributed by atoms with Crippen LogP contribution in [-0.4, -0.2) is 124 Å². The molecule has 0 aromatic carbocycles. The first-order valence-corrected chi connectivity index (χ1v) is 13.2. The molecule has 2 rings (SSSR count). The van der Waals surface area contributed by atoms with E-state index in [0.29, 0.717) is 0 Å². The van der Waals surface area contributed by atoms with Crippen molar-refractivity contribution in [2.75, 3.05) is 27.4 Å². The quantitative estimate of drug-likeness (QED) is 0.0713. The Morgan fingerprint density at radius 3 is 1.56 bits per heavy atom. The van der Waals surface area contributed by atoms with Gasteiger partial charge in [0.1, 0.15) is 30.5 Å². The Kier molecular flexibility index (Phi) is 13.6. The molecule has 0 amide bonds. The second-order valence-electron chi connectivity index (χ2n) is 7.81. The molecule has 0 aromatic heterocycles. The first kappa shape index (κ1) is 34.4. The second kappa shape index (κ2) is 15.4. The molecular weight excluding hydrogens is 596 g/mol. The molecule has 0 saturated carbocycles. The molecule has 2 saturated heterocycles. The number of hydrogen-bond acceptors (Lipinski definition) is 20. The third kappa shape index (κ3) is 9.90. The van der Waals surface area contributed by atoms with Crippen molar-refractivity contribution in [3.63, 3.8) is 0 Å². The van der Waals surface area contributed by atoms with E-state index in [0.717, 1.165) is 14.2 Å². The predicted octanol–water partition coefficient (Wildman–Crippen LogP) is -1.87. The highest BCUT2D eigenvalue weighted by molar-refractivity contribution is 7.81. The zero-order valence-electron chi connectivity index (χ0n) is 20.2. The van der Waals surface area contributed by atoms with E-state index in [1.54, 1.807) is 0 Å². The van der Waals surface area contributed by atoms with Gasteiger partial charge in [0.25, 0.3) is 0 Å². The molecule has 10 atom stereocenters. The smallest absolute Gasteiger partial charge is 0.376 e. The van der Waals surface area contributed by atoms with Gasteiger partial charge in [0, 0.05) is 20.1 Å². The SMILES string of the molecule is CO[C@@H]1OC(COS(=O)(=O)O)[C@@H](O[C@@H]2O[C@@H](COS(=O)(=O)O)[C@@H](OC)C(OOO)C2C)[C@H](OOO)C1OOO. The Morgan fingerprint density at radius 1 is 0.641 bits per heavy atom. The van der Waals surface area contributed by atoms with Gasteiger partial charge in [0.15, 0.2) is 24.8 Å². The normalized spacial score (nSPS) is 36.2. The molecule has 2 heterocycles. The second-order valence-corrected chi connectivity index (χ2v) is 9.99. The van der Waals surface area contributed by atoms with Gasteiger partial charge in [-0.15, -0.1) is 0 Å². The standard InChI is InChI=1S/C15H28O22S2/c1-6-9(32-35-16)10(25-2)7(4-27-38(19,20)21)29-14(6)31-11-8(5-28-39(22,23)24)30-15(26-3)13(34-37-18)12(11)33-36-17/h6-18H,4-5H2,1-3H3,(H,19,20,21)(H,22,23,24)/t6?,7-,8?,9?,10+,11+,12-,13?,14-,15+/m0/s1. The first-order chi connectivity index (χ1) is 18.3. The van der Waals surface area contributed by atoms with Gasteiger partial charge in [-0.2, -0.15) is 31.5 Å². The van der Waals surface area contributed by atoms with Crippen LogP contribution >= 0.6 is 0 Å². The van der Waals surface area contributed by atoms with Crippen molar-refractivity contribution in [3.05, 3.63) is 0 Å². The summed E-state index contributed by atoms with van der Waals surface area (Å²) in [5.41, 5.74) is 0. The van der Waals surface area contributed by atoms with Gasteiger partial charge >= 0.3 is 20.8 Å². The molecule has 2 fully saturated rings. The van der Waals surface area contributed by atoms with Crippen LogP contribution in [0.3, 0.4) is 0 Å². The Balaban J connectivity index is 2.45. The molecule has 0 aromatic rings. The minimum Gasteiger partial charge on any atom is -0.376 e. The molecule has 232 valence electrons. The van der Waals surface area contributed by atoms with E-state index in [1.807, 2.05) is 0 Å². The highest BCUT2D eigenvalue weighted by Gasteiger charge is 2.54. The summed E-state index contributed by atoms with van der Waals surface area (Å²) in [7, 11) is -7.73. The van der Waals surface area contributed by atoms with Crippen LogP contribution in [0.25, 0.3) is 0 Å². The average Bonchev–Trinajstić information content (AvgIpc) is 2.85. The Morgan fingerprint density at radius 2 is 1.10 bits per heavy atom. The molecule has 4 unspecified atom stereocenters. The van der Waals surface area contributed by atoms with Crippen LogP contribution in [0.2, 0.25) is 0 Å². The monoisotopic (exact) mass is 624 g/mol. The molecule has 0 spiro atoms. The van der Waals surface area contributed by atoms with Crippen LogP contribution < -0.4 is 0 Å². The fourth-order valence-corrected chi connectivity index (χ4v) is 4.56. The Bertz CT molecular complexity index is 930. The minimum absolute atomic E-state index is 0.874. The average molecular weight is 625 g/mol. The largest absolute Gasteiger partial charge is 0.397 e. The summed E-state index contributed by atoms with van der Waals surface area (Å²) in [6.45, 7) is -0.436. The van der Waals surface area contributed by atoms with Gasteiger partial charge in [0.05, 0.1) is 13.2 Å². The van der Waals surface area contributed by atoms with E-state index in [9.17, 15) is 16.8 Å². The lowest BCUT2D eigenvalue weighted by Gasteiger charge is -2.47. The third-order valence-corrected chi connectivity index (χ3v) is 6.43. The molecule has 0 bridgehead atoms. The summed E-state index contributed by atoms with van der Waals surface area (Å²) in [6, 6.07) is 0. The maximum absolute atomic E-state index is 11.2. The number of methoxy groups -OCH3 is 2. The third-order valence-electron chi connectivity index (χ3n) is 5.56. The summed E-state index contributed by atoms with van der Waals surface area (Å²) in [5, 5.41) is 37.8. The summed E-state index contributed by atoms with van der Waals surface area (Å²) >= 11 is 0. The summed E-state index contributed by atoms with van der Waals surface area (Å²) in [5.74, 6) is -1.00. The summed E-state index contributed by atoms with van der Waals surface area (Å²) < 4.78 is 98.6. The van der Waals surface area contributed by atoms with Crippen molar-refractivity contribution >= 4 is 20.8 Å². The molecular formula is C15H28O22S2. The minimum atomic E-state index is -5.03. The lowest BCUT2D eigenvalue weighted by atomic mass is 9.91. The van der Waals surface area contributed by atoms with Crippen LogP contribution in [0, 0.1) is 5.92 Å². The van der Waals surface area contributed by atoms with Crippen LogP contribution in [0.15, 0.2) is 0 Å². The highest BCUT2D eigenvalue weighted by Crippen LogP contribution is 2.36. The maximum atomic E-state index is 11.2. The topological polar surface area (TPSA) is 289 Å². The van der Waals surface area contributed by atoms with Crippen molar-refractivity contribution in [3.8, 4) is 0 Å². The molecule has 5 N–H and O–H groups in total. The number of ether oxygens (including phenoxy) is 5. The van der Waals surface area contributed by atoms with E-state index < -0.39 is 95.2 Å². The zero-order chi connectivity index (χ0) is 29.4. The van der Waals surface area contributed by atoms with Gasteiger partial charge < -0.3 is 23.7 Å². The molecule has 39 heavy (non-hydrogen) atoms. The van der Waals surface area contributed by atoms with E-state index in [2.05, 4.69) is 28.4 Å². The maximum Gasteiger partial charge on any atom is 0.397 e. The first-order valence-electron chi connectivity index (χ1n) is 10.5. The van der Waals surface area contributed by atoms with Crippen molar-refractivity contribution in [2.45, 2.75) is 62.2 Å². The summed E-state index contributed by atoms with van der Waals surface area (Å²) in [4.78, 5) is 14.2. The molecule has 22 nitrogen and oxygen atoms in total. The zero-order valence-corrected chi connectivity index (χ0v) is 21.8. The van der Waals surface area contributed by atoms with Gasteiger partial charge in [0.2, 0.25) is 0 Å². The van der Waals surface area contributed by atoms with Gasteiger partial charge in [-0.3, -0.25) is 9.11 Å².